The Morgan fingerprint density at radius 1 is 0.975 bits per heavy atom. The van der Waals surface area contributed by atoms with Crippen molar-refractivity contribution in [2.45, 2.75) is 19.8 Å². The molecule has 0 aliphatic rings. The highest BCUT2D eigenvalue weighted by Gasteiger charge is 2.22. The van der Waals surface area contributed by atoms with Crippen LogP contribution in [0.2, 0.25) is 0 Å². The number of aromatic hydroxyl groups is 1. The number of carbonyl (C=O) groups is 3. The molecule has 4 aromatic rings. The maximum atomic E-state index is 13.8. The summed E-state index contributed by atoms with van der Waals surface area (Å²) in [5, 5.41) is 19.3. The van der Waals surface area contributed by atoms with Gasteiger partial charge in [-0.05, 0) is 61.1 Å². The van der Waals surface area contributed by atoms with Gasteiger partial charge in [-0.15, -0.1) is 11.3 Å². The molecular formula is C30H28FNO7S. The van der Waals surface area contributed by atoms with Crippen LogP contribution in [0.1, 0.15) is 35.0 Å². The fraction of sp³-hybridized carbons (Fsp3) is 0.233. The SMILES string of the molecule is CCN(CCOc1ccc(Oc2c(C(=O)c3cccc(F)c3)sc3cc(O)ccc23)cc1)CCC(=O)CC(=O)O. The quantitative estimate of drug-likeness (QED) is 0.143. The predicted molar refractivity (Wildman–Crippen MR) is 149 cm³/mol. The molecule has 8 nitrogen and oxygen atoms in total. The zero-order chi connectivity index (χ0) is 28.6. The van der Waals surface area contributed by atoms with Crippen molar-refractivity contribution in [1.29, 1.82) is 0 Å². The Bertz CT molecular complexity index is 1520. The van der Waals surface area contributed by atoms with E-state index < -0.39 is 18.2 Å². The van der Waals surface area contributed by atoms with E-state index in [0.29, 0.717) is 53.6 Å². The number of hydrogen-bond acceptors (Lipinski definition) is 8. The summed E-state index contributed by atoms with van der Waals surface area (Å²) in [6.45, 7) is 4.04. The minimum absolute atomic E-state index is 0.0556. The standard InChI is InChI=1S/C30H28FNO7S/c1-2-32(13-12-22(34)18-27(35)36)14-15-38-23-7-9-24(10-8-23)39-29-25-11-6-21(33)17-26(25)40-30(29)28(37)19-4-3-5-20(31)16-19/h3-11,16-17,33H,2,12-15,18H2,1H3,(H,35,36). The van der Waals surface area contributed by atoms with Crippen LogP contribution in [0.15, 0.2) is 66.7 Å². The number of Topliss-reactive ketones (excluding diaryl/α,β-unsaturated/α-hetero) is 1. The first kappa shape index (κ1) is 28.7. The predicted octanol–water partition coefficient (Wildman–Crippen LogP) is 5.90. The number of carboxylic acid groups (broad SMARTS) is 1. The van der Waals surface area contributed by atoms with Gasteiger partial charge in [0.25, 0.3) is 0 Å². The Morgan fingerprint density at radius 2 is 1.73 bits per heavy atom. The molecule has 0 aliphatic heterocycles. The highest BCUT2D eigenvalue weighted by Crippen LogP contribution is 2.42. The van der Waals surface area contributed by atoms with Gasteiger partial charge in [-0.2, -0.15) is 0 Å². The summed E-state index contributed by atoms with van der Waals surface area (Å²) in [5.74, 6) is -0.902. The van der Waals surface area contributed by atoms with E-state index in [0.717, 1.165) is 11.3 Å². The molecular weight excluding hydrogens is 537 g/mol. The van der Waals surface area contributed by atoms with E-state index in [9.17, 15) is 23.9 Å². The number of nitrogens with zero attached hydrogens (tertiary/aromatic N) is 1. The van der Waals surface area contributed by atoms with Crippen LogP contribution in [0, 0.1) is 5.82 Å². The number of phenols is 1. The topological polar surface area (TPSA) is 113 Å². The van der Waals surface area contributed by atoms with E-state index in [1.807, 2.05) is 11.8 Å². The lowest BCUT2D eigenvalue weighted by atomic mass is 10.1. The second kappa shape index (κ2) is 13.2. The molecule has 0 saturated carbocycles. The number of carboxylic acids is 1. The summed E-state index contributed by atoms with van der Waals surface area (Å²) < 4.78 is 26.4. The molecule has 40 heavy (non-hydrogen) atoms. The van der Waals surface area contributed by atoms with Gasteiger partial charge in [0, 0.05) is 35.2 Å². The molecule has 0 spiro atoms. The highest BCUT2D eigenvalue weighted by atomic mass is 32.1. The summed E-state index contributed by atoms with van der Waals surface area (Å²) in [4.78, 5) is 37.9. The minimum Gasteiger partial charge on any atom is -0.508 e. The fourth-order valence-corrected chi connectivity index (χ4v) is 5.18. The van der Waals surface area contributed by atoms with Crippen LogP contribution in [-0.4, -0.2) is 58.9 Å². The van der Waals surface area contributed by atoms with Crippen molar-refractivity contribution in [3.05, 3.63) is 83.0 Å². The van der Waals surface area contributed by atoms with Crippen molar-refractivity contribution >= 4 is 39.0 Å². The normalized spacial score (nSPS) is 11.1. The third-order valence-electron chi connectivity index (χ3n) is 6.14. The summed E-state index contributed by atoms with van der Waals surface area (Å²) in [6, 6.07) is 17.1. The van der Waals surface area contributed by atoms with Crippen molar-refractivity contribution in [2.24, 2.45) is 0 Å². The number of rotatable bonds is 14. The Hall–Kier alpha value is -4.28. The molecule has 0 radical (unpaired) electrons. The number of ketones is 2. The van der Waals surface area contributed by atoms with Crippen LogP contribution < -0.4 is 9.47 Å². The Balaban J connectivity index is 1.43. The average Bonchev–Trinajstić information content (AvgIpc) is 3.27. The number of ether oxygens (including phenoxy) is 2. The number of thiophene rings is 1. The van der Waals surface area contributed by atoms with Crippen molar-refractivity contribution in [2.75, 3.05) is 26.2 Å². The summed E-state index contributed by atoms with van der Waals surface area (Å²) >= 11 is 1.16. The maximum absolute atomic E-state index is 13.8. The summed E-state index contributed by atoms with van der Waals surface area (Å²) in [5.41, 5.74) is 0.191. The number of fused-ring (bicyclic) bond motifs is 1. The van der Waals surface area contributed by atoms with E-state index in [1.54, 1.807) is 36.4 Å². The lowest BCUT2D eigenvalue weighted by Crippen LogP contribution is -2.30. The lowest BCUT2D eigenvalue weighted by Gasteiger charge is -2.20. The van der Waals surface area contributed by atoms with Crippen LogP contribution in [0.25, 0.3) is 10.1 Å². The molecule has 2 N–H and O–H groups in total. The lowest BCUT2D eigenvalue weighted by molar-refractivity contribution is -0.140. The molecule has 0 saturated heterocycles. The second-order valence-corrected chi connectivity index (χ2v) is 10.0. The van der Waals surface area contributed by atoms with Crippen molar-refractivity contribution < 1.29 is 38.5 Å². The van der Waals surface area contributed by atoms with E-state index in [1.165, 1.54) is 30.3 Å². The Kier molecular flexibility index (Phi) is 9.47. The molecule has 208 valence electrons. The summed E-state index contributed by atoms with van der Waals surface area (Å²) in [7, 11) is 0. The molecule has 0 bridgehead atoms. The molecule has 0 unspecified atom stereocenters. The van der Waals surface area contributed by atoms with Crippen LogP contribution in [0.5, 0.6) is 23.0 Å². The molecule has 4 rings (SSSR count). The number of likely N-dealkylation sites (N-methyl/N-ethyl adjacent to an activating group) is 1. The third-order valence-corrected chi connectivity index (χ3v) is 7.28. The largest absolute Gasteiger partial charge is 0.508 e. The minimum atomic E-state index is -1.12. The van der Waals surface area contributed by atoms with Gasteiger partial charge in [0.15, 0.2) is 5.75 Å². The van der Waals surface area contributed by atoms with Crippen LogP contribution >= 0.6 is 11.3 Å². The molecule has 0 aliphatic carbocycles. The molecule has 10 heteroatoms. The number of halogens is 1. The van der Waals surface area contributed by atoms with E-state index >= 15 is 0 Å². The van der Waals surface area contributed by atoms with Gasteiger partial charge in [-0.3, -0.25) is 19.3 Å². The van der Waals surface area contributed by atoms with Crippen molar-refractivity contribution in [3.8, 4) is 23.0 Å². The first-order chi connectivity index (χ1) is 19.2. The number of carbonyl (C=O) groups excluding carboxylic acids is 2. The monoisotopic (exact) mass is 565 g/mol. The zero-order valence-corrected chi connectivity index (χ0v) is 22.6. The maximum Gasteiger partial charge on any atom is 0.310 e. The Labute approximate surface area is 234 Å². The van der Waals surface area contributed by atoms with Gasteiger partial charge < -0.3 is 19.7 Å². The number of benzene rings is 3. The number of phenolic OH excluding ortho intramolecular Hbond substituents is 1. The Morgan fingerprint density at radius 3 is 2.42 bits per heavy atom. The van der Waals surface area contributed by atoms with E-state index in [4.69, 9.17) is 14.6 Å². The molecule has 0 atom stereocenters. The van der Waals surface area contributed by atoms with Gasteiger partial charge in [-0.1, -0.05) is 19.1 Å². The van der Waals surface area contributed by atoms with Gasteiger partial charge in [0.1, 0.15) is 46.8 Å². The highest BCUT2D eigenvalue weighted by molar-refractivity contribution is 7.21. The van der Waals surface area contributed by atoms with Gasteiger partial charge >= 0.3 is 5.97 Å². The fourth-order valence-electron chi connectivity index (χ4n) is 4.06. The first-order valence-electron chi connectivity index (χ1n) is 12.7. The van der Waals surface area contributed by atoms with Crippen molar-refractivity contribution in [1.82, 2.24) is 4.90 Å². The average molecular weight is 566 g/mol. The van der Waals surface area contributed by atoms with Crippen LogP contribution in [0.4, 0.5) is 4.39 Å². The molecule has 1 heterocycles. The second-order valence-electron chi connectivity index (χ2n) is 9.00. The van der Waals surface area contributed by atoms with Gasteiger partial charge in [0.05, 0.1) is 0 Å². The number of hydrogen-bond donors (Lipinski definition) is 2. The van der Waals surface area contributed by atoms with Crippen LogP contribution in [0.3, 0.4) is 0 Å². The summed E-state index contributed by atoms with van der Waals surface area (Å²) in [6.07, 6.45) is -0.292. The smallest absolute Gasteiger partial charge is 0.310 e. The molecule has 0 fully saturated rings. The molecule has 3 aromatic carbocycles. The molecule has 0 amide bonds. The van der Waals surface area contributed by atoms with E-state index in [2.05, 4.69) is 0 Å². The first-order valence-corrected chi connectivity index (χ1v) is 13.5. The third kappa shape index (κ3) is 7.43. The van der Waals surface area contributed by atoms with Gasteiger partial charge in [0.2, 0.25) is 5.78 Å². The van der Waals surface area contributed by atoms with Gasteiger partial charge in [-0.25, -0.2) is 4.39 Å². The zero-order valence-electron chi connectivity index (χ0n) is 21.8. The van der Waals surface area contributed by atoms with Crippen molar-refractivity contribution in [3.63, 3.8) is 0 Å². The molecule has 1 aromatic heterocycles. The number of aliphatic carboxylic acids is 1. The van der Waals surface area contributed by atoms with E-state index in [-0.39, 0.29) is 34.2 Å². The van der Waals surface area contributed by atoms with Crippen LogP contribution in [-0.2, 0) is 9.59 Å².